The predicted octanol–water partition coefficient (Wildman–Crippen LogP) is -3.53. The number of rotatable bonds is 19. The van der Waals surface area contributed by atoms with E-state index in [1.165, 1.54) is 6.92 Å². The molecule has 10 N–H and O–H groups in total. The van der Waals surface area contributed by atoms with Crippen LogP contribution in [0.4, 0.5) is 0 Å². The molecular weight excluding hydrogens is 785 g/mol. The van der Waals surface area contributed by atoms with Crippen molar-refractivity contribution in [1.82, 2.24) is 31.9 Å². The van der Waals surface area contributed by atoms with Crippen molar-refractivity contribution in [2.45, 2.75) is 96.2 Å². The summed E-state index contributed by atoms with van der Waals surface area (Å²) in [6.07, 6.45) is -2.17. The molecular formula is C26H47N7O9Pa. The van der Waals surface area contributed by atoms with Crippen LogP contribution in [0.1, 0.15) is 59.8 Å². The molecule has 6 atom stereocenters. The van der Waals surface area contributed by atoms with Crippen LogP contribution < -0.4 is 37.6 Å². The maximum Gasteiger partial charge on any atom is 0.244 e. The summed E-state index contributed by atoms with van der Waals surface area (Å²) in [5.74, 6) is -3.80. The van der Waals surface area contributed by atoms with Crippen molar-refractivity contribution in [1.29, 1.82) is 0 Å². The second-order valence-corrected chi connectivity index (χ2v) is 10.5. The van der Waals surface area contributed by atoms with E-state index in [-0.39, 0.29) is 71.0 Å². The first kappa shape index (κ1) is 40.8. The number of carbonyl (C=O) groups is 6. The van der Waals surface area contributed by atoms with Crippen LogP contribution in [0.2, 0.25) is 0 Å². The summed E-state index contributed by atoms with van der Waals surface area (Å²) in [4.78, 5) is 74.2. The normalized spacial score (nSPS) is 19.7. The molecule has 1 heterocycles. The number of aliphatic hydroxyl groups excluding tert-OH is 2. The first-order valence-electron chi connectivity index (χ1n) is 14.2. The van der Waals surface area contributed by atoms with Crippen molar-refractivity contribution >= 4 is 35.4 Å². The van der Waals surface area contributed by atoms with Crippen molar-refractivity contribution in [3.05, 3.63) is 0 Å². The smallest absolute Gasteiger partial charge is 0.244 e. The SMILES string of the molecule is CCNCCC(=O)N[C@@H](CCC(=O)NC[C@@H]1O[C@H](CC(N)=O)C[C@H]1O)C(=O)N[C@H](C(=O)N[C@@H](C)C(=O)NCO)C(C)C.[Pa]. The van der Waals surface area contributed by atoms with Crippen LogP contribution >= 0.6 is 0 Å². The molecule has 1 fully saturated rings. The van der Waals surface area contributed by atoms with Crippen molar-refractivity contribution in [3.63, 3.8) is 0 Å². The third kappa shape index (κ3) is 15.9. The van der Waals surface area contributed by atoms with Crippen LogP contribution in [-0.2, 0) is 33.5 Å². The fourth-order valence-corrected chi connectivity index (χ4v) is 4.24. The Balaban J connectivity index is 0.0000176. The predicted molar refractivity (Wildman–Crippen MR) is 150 cm³/mol. The van der Waals surface area contributed by atoms with Crippen molar-refractivity contribution in [2.75, 3.05) is 26.4 Å². The van der Waals surface area contributed by atoms with Gasteiger partial charge in [0.1, 0.15) is 31.0 Å². The third-order valence-electron chi connectivity index (χ3n) is 6.57. The van der Waals surface area contributed by atoms with E-state index < -0.39 is 84.5 Å². The molecule has 0 aliphatic carbocycles. The zero-order valence-corrected chi connectivity index (χ0v) is 30.1. The van der Waals surface area contributed by atoms with Gasteiger partial charge in [-0.25, -0.2) is 0 Å². The zero-order valence-electron chi connectivity index (χ0n) is 25.3. The minimum Gasteiger partial charge on any atom is -0.390 e. The standard InChI is InChI=1S/C26H47N7O9.Pa/c1-5-28-9-8-22(38)32-17(6-7-21(37)29-12-19-18(35)10-16(42-19)11-20(27)36)25(40)33-23(14(2)3)26(41)31-15(4)24(39)30-13-34;/h14-19,23,28,34-35H,5-13H2,1-4H3,(H2,27,36)(H,29,37)(H,30,39)(H,31,41)(H,32,38)(H,33,40);/t15-,16-,17-,18+,19-,23-;/m0./s1. The molecule has 1 rings (SSSR count). The average Bonchev–Trinajstić information content (AvgIpc) is 3.25. The van der Waals surface area contributed by atoms with Crippen LogP contribution in [0, 0.1) is 38.2 Å². The van der Waals surface area contributed by atoms with E-state index >= 15 is 0 Å². The summed E-state index contributed by atoms with van der Waals surface area (Å²) < 4.78 is 5.57. The van der Waals surface area contributed by atoms with Gasteiger partial charge < -0.3 is 52.6 Å². The van der Waals surface area contributed by atoms with Crippen molar-refractivity contribution < 1.29 is 76.0 Å². The summed E-state index contributed by atoms with van der Waals surface area (Å²) in [6.45, 7) is 7.08. The van der Waals surface area contributed by atoms with Gasteiger partial charge in [-0.15, -0.1) is 0 Å². The van der Waals surface area contributed by atoms with Gasteiger partial charge in [0.2, 0.25) is 35.4 Å². The Morgan fingerprint density at radius 2 is 1.60 bits per heavy atom. The zero-order chi connectivity index (χ0) is 31.8. The Kier molecular flexibility index (Phi) is 20.3. The Bertz CT molecular complexity index is 941. The molecule has 1 saturated heterocycles. The topological polar surface area (TPSA) is 250 Å². The summed E-state index contributed by atoms with van der Waals surface area (Å²) >= 11 is 0. The largest absolute Gasteiger partial charge is 0.390 e. The van der Waals surface area contributed by atoms with E-state index in [9.17, 15) is 33.9 Å². The van der Waals surface area contributed by atoms with E-state index in [0.717, 1.165) is 0 Å². The van der Waals surface area contributed by atoms with Gasteiger partial charge in [0, 0.05) is 64.7 Å². The second kappa shape index (κ2) is 21.5. The van der Waals surface area contributed by atoms with Gasteiger partial charge in [-0.05, 0) is 25.8 Å². The molecule has 6 amide bonds. The molecule has 43 heavy (non-hydrogen) atoms. The Labute approximate surface area is 276 Å². The molecule has 0 unspecified atom stereocenters. The van der Waals surface area contributed by atoms with Gasteiger partial charge in [-0.3, -0.25) is 28.8 Å². The summed E-state index contributed by atoms with van der Waals surface area (Å²) in [6, 6.07) is -3.20. The molecule has 0 bridgehead atoms. The first-order valence-corrected chi connectivity index (χ1v) is 14.2. The second-order valence-electron chi connectivity index (χ2n) is 10.5. The molecule has 16 nitrogen and oxygen atoms in total. The quantitative estimate of drug-likeness (QED) is 0.0459. The molecule has 0 aromatic rings. The van der Waals surface area contributed by atoms with Crippen molar-refractivity contribution in [3.8, 4) is 0 Å². The number of amides is 6. The van der Waals surface area contributed by atoms with Crippen LogP contribution in [0.25, 0.3) is 0 Å². The Morgan fingerprint density at radius 3 is 2.19 bits per heavy atom. The summed E-state index contributed by atoms with van der Waals surface area (Å²) in [5, 5.41) is 34.5. The van der Waals surface area contributed by atoms with E-state index in [2.05, 4.69) is 31.9 Å². The molecule has 1 aliphatic heterocycles. The molecule has 0 spiro atoms. The van der Waals surface area contributed by atoms with Crippen LogP contribution in [0.15, 0.2) is 0 Å². The van der Waals surface area contributed by atoms with E-state index in [1.807, 2.05) is 6.92 Å². The minimum atomic E-state index is -1.15. The number of ether oxygens (including phenoxy) is 1. The minimum absolute atomic E-state index is 0. The van der Waals surface area contributed by atoms with Gasteiger partial charge in [0.25, 0.3) is 0 Å². The monoisotopic (exact) mass is 832 g/mol. The number of hydrogen-bond donors (Lipinski definition) is 9. The van der Waals surface area contributed by atoms with Gasteiger partial charge in [-0.2, -0.15) is 0 Å². The van der Waals surface area contributed by atoms with Crippen LogP contribution in [-0.4, -0.2) is 108 Å². The van der Waals surface area contributed by atoms with Gasteiger partial charge in [0.05, 0.1) is 18.6 Å². The average molecular weight is 833 g/mol. The molecule has 243 valence electrons. The third-order valence-corrected chi connectivity index (χ3v) is 6.57. The van der Waals surface area contributed by atoms with Crippen LogP contribution in [0.5, 0.6) is 0 Å². The number of nitrogens with two attached hydrogens (primary N) is 1. The molecule has 0 aromatic carbocycles. The number of aliphatic hydroxyl groups is 2. The molecule has 0 saturated carbocycles. The van der Waals surface area contributed by atoms with Crippen LogP contribution in [0.3, 0.4) is 0 Å². The number of carbonyl (C=O) groups excluding carboxylic acids is 6. The fourth-order valence-electron chi connectivity index (χ4n) is 4.24. The van der Waals surface area contributed by atoms with E-state index in [0.29, 0.717) is 13.1 Å². The van der Waals surface area contributed by atoms with Crippen molar-refractivity contribution in [2.24, 2.45) is 11.7 Å². The number of primary amides is 1. The Hall–Kier alpha value is -2.25. The fraction of sp³-hybridized carbons (Fsp3) is 0.769. The number of nitrogens with one attached hydrogen (secondary N) is 6. The molecule has 0 aromatic heterocycles. The summed E-state index contributed by atoms with van der Waals surface area (Å²) in [5.41, 5.74) is 5.17. The molecule has 17 heteroatoms. The first-order chi connectivity index (χ1) is 19.8. The maximum absolute atomic E-state index is 13.2. The molecule has 1 aliphatic rings. The molecule has 1 radical (unpaired) electrons. The summed E-state index contributed by atoms with van der Waals surface area (Å²) in [7, 11) is 0. The number of hydrogen-bond acceptors (Lipinski definition) is 10. The van der Waals surface area contributed by atoms with E-state index in [4.69, 9.17) is 15.6 Å². The van der Waals surface area contributed by atoms with Gasteiger partial charge in [0.15, 0.2) is 0 Å². The van der Waals surface area contributed by atoms with Gasteiger partial charge >= 0.3 is 0 Å². The van der Waals surface area contributed by atoms with Gasteiger partial charge in [-0.1, -0.05) is 20.8 Å². The van der Waals surface area contributed by atoms with E-state index in [1.54, 1.807) is 13.8 Å². The maximum atomic E-state index is 13.2. The Morgan fingerprint density at radius 1 is 0.930 bits per heavy atom.